The fourth-order valence-electron chi connectivity index (χ4n) is 3.97. The fraction of sp³-hybridized carbons (Fsp3) is 0.364. The maximum Gasteiger partial charge on any atom is 0.222 e. The van der Waals surface area contributed by atoms with E-state index in [9.17, 15) is 4.79 Å². The number of carbonyl (C=O) groups excluding carboxylic acids is 1. The van der Waals surface area contributed by atoms with Crippen LogP contribution in [-0.4, -0.2) is 40.6 Å². The number of benzene rings is 2. The van der Waals surface area contributed by atoms with E-state index in [1.807, 2.05) is 47.6 Å². The molecule has 1 aliphatic heterocycles. The van der Waals surface area contributed by atoms with Gasteiger partial charge in [-0.3, -0.25) is 4.79 Å². The molecule has 1 aromatic heterocycles. The van der Waals surface area contributed by atoms with E-state index in [1.165, 1.54) is 5.52 Å². The van der Waals surface area contributed by atoms with Crippen molar-refractivity contribution in [2.45, 2.75) is 31.7 Å². The lowest BCUT2D eigenvalue weighted by Gasteiger charge is -2.33. The minimum Gasteiger partial charge on any atom is -0.496 e. The van der Waals surface area contributed by atoms with E-state index in [4.69, 9.17) is 4.74 Å². The third kappa shape index (κ3) is 3.68. The first-order valence-corrected chi connectivity index (χ1v) is 9.57. The van der Waals surface area contributed by atoms with Crippen molar-refractivity contribution in [3.8, 4) is 5.75 Å². The van der Waals surface area contributed by atoms with Crippen molar-refractivity contribution >= 4 is 16.9 Å². The highest BCUT2D eigenvalue weighted by atomic mass is 16.5. The van der Waals surface area contributed by atoms with E-state index in [2.05, 4.69) is 21.7 Å². The van der Waals surface area contributed by atoms with Gasteiger partial charge in [-0.1, -0.05) is 30.3 Å². The Labute approximate surface area is 159 Å². The molecule has 140 valence electrons. The Morgan fingerprint density at radius 2 is 1.85 bits per heavy atom. The Morgan fingerprint density at radius 3 is 2.67 bits per heavy atom. The monoisotopic (exact) mass is 363 g/mol. The van der Waals surface area contributed by atoms with E-state index in [0.29, 0.717) is 12.5 Å². The summed E-state index contributed by atoms with van der Waals surface area (Å²) in [5.74, 6) is 1.09. The summed E-state index contributed by atoms with van der Waals surface area (Å²) >= 11 is 0. The summed E-state index contributed by atoms with van der Waals surface area (Å²) in [6.45, 7) is 1.61. The summed E-state index contributed by atoms with van der Waals surface area (Å²) in [6, 6.07) is 16.6. The zero-order valence-electron chi connectivity index (χ0n) is 15.7. The second kappa shape index (κ2) is 7.82. The number of methoxy groups -OCH3 is 1. The third-order valence-electron chi connectivity index (χ3n) is 5.49. The van der Waals surface area contributed by atoms with Crippen LogP contribution in [0, 0.1) is 0 Å². The molecular weight excluding hydrogens is 338 g/mol. The van der Waals surface area contributed by atoms with Gasteiger partial charge < -0.3 is 14.2 Å². The molecule has 1 saturated heterocycles. The van der Waals surface area contributed by atoms with Crippen LogP contribution >= 0.6 is 0 Å². The number of likely N-dealkylation sites (tertiary alicyclic amines) is 1. The van der Waals surface area contributed by atoms with Gasteiger partial charge in [0.25, 0.3) is 0 Å². The summed E-state index contributed by atoms with van der Waals surface area (Å²) in [5, 5.41) is 0. The van der Waals surface area contributed by atoms with Gasteiger partial charge in [-0.2, -0.15) is 0 Å². The highest BCUT2D eigenvalue weighted by molar-refractivity contribution is 5.77. The first-order valence-electron chi connectivity index (χ1n) is 9.57. The molecule has 0 radical (unpaired) electrons. The molecule has 1 aliphatic rings. The van der Waals surface area contributed by atoms with Crippen LogP contribution in [0.5, 0.6) is 5.75 Å². The van der Waals surface area contributed by atoms with Crippen molar-refractivity contribution in [1.82, 2.24) is 14.5 Å². The van der Waals surface area contributed by atoms with Crippen LogP contribution in [0.2, 0.25) is 0 Å². The third-order valence-corrected chi connectivity index (χ3v) is 5.49. The number of hydrogen-bond donors (Lipinski definition) is 0. The topological polar surface area (TPSA) is 47.4 Å². The number of ether oxygens (including phenoxy) is 1. The lowest BCUT2D eigenvalue weighted by atomic mass is 10.0. The zero-order chi connectivity index (χ0) is 18.6. The SMILES string of the molecule is COc1ccccc1CCC(=O)N1CCC(n2cnc3ccccc32)CC1. The number of piperidine rings is 1. The number of aryl methyl sites for hydroxylation is 1. The molecule has 27 heavy (non-hydrogen) atoms. The van der Waals surface area contributed by atoms with Crippen molar-refractivity contribution in [2.24, 2.45) is 0 Å². The van der Waals surface area contributed by atoms with Gasteiger partial charge in [0.2, 0.25) is 5.91 Å². The predicted octanol–water partition coefficient (Wildman–Crippen LogP) is 3.84. The number of para-hydroxylation sites is 3. The van der Waals surface area contributed by atoms with Gasteiger partial charge in [0.05, 0.1) is 24.5 Å². The number of aromatic nitrogens is 2. The fourth-order valence-corrected chi connectivity index (χ4v) is 3.97. The molecule has 0 atom stereocenters. The molecule has 0 spiro atoms. The molecule has 2 aromatic carbocycles. The first-order chi connectivity index (χ1) is 13.3. The van der Waals surface area contributed by atoms with Crippen molar-refractivity contribution in [3.63, 3.8) is 0 Å². The van der Waals surface area contributed by atoms with Crippen LogP contribution in [0.1, 0.15) is 30.9 Å². The summed E-state index contributed by atoms with van der Waals surface area (Å²) in [6.07, 6.45) is 5.13. The number of amides is 1. The van der Waals surface area contributed by atoms with E-state index < -0.39 is 0 Å². The number of fused-ring (bicyclic) bond motifs is 1. The molecule has 0 aliphatic carbocycles. The Balaban J connectivity index is 1.34. The number of imidazole rings is 1. The Bertz CT molecular complexity index is 926. The Kier molecular flexibility index (Phi) is 5.10. The van der Waals surface area contributed by atoms with Crippen molar-refractivity contribution in [1.29, 1.82) is 0 Å². The van der Waals surface area contributed by atoms with E-state index in [-0.39, 0.29) is 5.91 Å². The average Bonchev–Trinajstić information content (AvgIpc) is 3.16. The van der Waals surface area contributed by atoms with Gasteiger partial charge in [0.1, 0.15) is 5.75 Å². The Morgan fingerprint density at radius 1 is 1.11 bits per heavy atom. The van der Waals surface area contributed by atoms with E-state index >= 15 is 0 Å². The van der Waals surface area contributed by atoms with Gasteiger partial charge in [0.15, 0.2) is 0 Å². The summed E-state index contributed by atoms with van der Waals surface area (Å²) < 4.78 is 7.65. The molecule has 5 nitrogen and oxygen atoms in total. The molecule has 3 aromatic rings. The lowest BCUT2D eigenvalue weighted by Crippen LogP contribution is -2.39. The van der Waals surface area contributed by atoms with Crippen molar-refractivity contribution in [3.05, 3.63) is 60.4 Å². The Hall–Kier alpha value is -2.82. The summed E-state index contributed by atoms with van der Waals surface area (Å²) in [7, 11) is 1.67. The van der Waals surface area contributed by atoms with Gasteiger partial charge in [0, 0.05) is 25.6 Å². The largest absolute Gasteiger partial charge is 0.496 e. The molecule has 0 saturated carbocycles. The normalized spacial score (nSPS) is 15.2. The van der Waals surface area contributed by atoms with Gasteiger partial charge in [-0.05, 0) is 43.0 Å². The summed E-state index contributed by atoms with van der Waals surface area (Å²) in [5.41, 5.74) is 3.30. The standard InChI is InChI=1S/C22H25N3O2/c1-27-21-9-5-2-6-17(21)10-11-22(26)24-14-12-18(13-15-24)25-16-23-19-7-3-4-8-20(19)25/h2-9,16,18H,10-15H2,1H3. The highest BCUT2D eigenvalue weighted by Gasteiger charge is 2.24. The van der Waals surface area contributed by atoms with Crippen LogP contribution in [0.4, 0.5) is 0 Å². The minimum absolute atomic E-state index is 0.231. The predicted molar refractivity (Wildman–Crippen MR) is 106 cm³/mol. The van der Waals surface area contributed by atoms with Crippen LogP contribution < -0.4 is 4.74 Å². The second-order valence-corrected chi connectivity index (χ2v) is 7.06. The van der Waals surface area contributed by atoms with Crippen molar-refractivity contribution in [2.75, 3.05) is 20.2 Å². The first kappa shape index (κ1) is 17.6. The molecule has 2 heterocycles. The minimum atomic E-state index is 0.231. The van der Waals surface area contributed by atoms with E-state index in [1.54, 1.807) is 7.11 Å². The van der Waals surface area contributed by atoms with Crippen LogP contribution in [0.3, 0.4) is 0 Å². The van der Waals surface area contributed by atoms with Crippen LogP contribution in [0.15, 0.2) is 54.9 Å². The van der Waals surface area contributed by atoms with Gasteiger partial charge in [-0.25, -0.2) is 4.98 Å². The molecule has 0 N–H and O–H groups in total. The molecule has 4 rings (SSSR count). The smallest absolute Gasteiger partial charge is 0.222 e. The number of rotatable bonds is 5. The highest BCUT2D eigenvalue weighted by Crippen LogP contribution is 2.27. The molecule has 0 bridgehead atoms. The molecule has 1 amide bonds. The maximum atomic E-state index is 12.6. The molecule has 1 fully saturated rings. The summed E-state index contributed by atoms with van der Waals surface area (Å²) in [4.78, 5) is 19.1. The zero-order valence-corrected chi connectivity index (χ0v) is 15.7. The van der Waals surface area contributed by atoms with Crippen LogP contribution in [0.25, 0.3) is 11.0 Å². The molecule has 5 heteroatoms. The van der Waals surface area contributed by atoms with Gasteiger partial charge in [-0.15, -0.1) is 0 Å². The second-order valence-electron chi connectivity index (χ2n) is 7.06. The van der Waals surface area contributed by atoms with Crippen molar-refractivity contribution < 1.29 is 9.53 Å². The number of hydrogen-bond acceptors (Lipinski definition) is 3. The molecule has 0 unspecified atom stereocenters. The quantitative estimate of drug-likeness (QED) is 0.692. The maximum absolute atomic E-state index is 12.6. The van der Waals surface area contributed by atoms with Gasteiger partial charge >= 0.3 is 0 Å². The molecular formula is C22H25N3O2. The van der Waals surface area contributed by atoms with Crippen LogP contribution in [-0.2, 0) is 11.2 Å². The van der Waals surface area contributed by atoms with E-state index in [0.717, 1.165) is 49.2 Å². The number of nitrogens with zero attached hydrogens (tertiary/aromatic N) is 3. The lowest BCUT2D eigenvalue weighted by molar-refractivity contribution is -0.132. The number of carbonyl (C=O) groups is 1. The average molecular weight is 363 g/mol.